The quantitative estimate of drug-likeness (QED) is 0.702. The van der Waals surface area contributed by atoms with Gasteiger partial charge < -0.3 is 19.6 Å². The van der Waals surface area contributed by atoms with Gasteiger partial charge >= 0.3 is 0 Å². The average Bonchev–Trinajstić information content (AvgIpc) is 2.67. The Hall–Kier alpha value is -1.14. The minimum absolute atomic E-state index is 0.174. The van der Waals surface area contributed by atoms with Crippen molar-refractivity contribution in [3.05, 3.63) is 0 Å². The first kappa shape index (κ1) is 20.7. The van der Waals surface area contributed by atoms with Gasteiger partial charge in [0.25, 0.3) is 0 Å². The summed E-state index contributed by atoms with van der Waals surface area (Å²) in [7, 11) is 4.28. The van der Waals surface area contributed by atoms with Gasteiger partial charge in [-0.3, -0.25) is 9.59 Å². The van der Waals surface area contributed by atoms with Crippen LogP contribution in [-0.4, -0.2) is 97.9 Å². The average molecular weight is 417 g/mol. The zero-order chi connectivity index (χ0) is 20.9. The molecule has 2 heterocycles. The fourth-order valence-electron chi connectivity index (χ4n) is 8.04. The molecule has 0 aromatic heterocycles. The predicted molar refractivity (Wildman–Crippen MR) is 117 cm³/mol. The molecule has 6 aliphatic rings. The molecule has 4 saturated carbocycles. The summed E-state index contributed by atoms with van der Waals surface area (Å²) >= 11 is 0. The van der Waals surface area contributed by atoms with Gasteiger partial charge in [-0.05, 0) is 75.3 Å². The highest BCUT2D eigenvalue weighted by Crippen LogP contribution is 2.67. The number of hydrogen-bond acceptors (Lipinski definition) is 4. The van der Waals surface area contributed by atoms with Crippen molar-refractivity contribution in [2.45, 2.75) is 51.4 Å². The van der Waals surface area contributed by atoms with Crippen LogP contribution in [0.4, 0.5) is 0 Å². The fourth-order valence-corrected chi connectivity index (χ4v) is 8.04. The standard InChI is InChI=1S/C24H40N4O2/c1-25-3-7-27(8-4-25)21(29)16-23-12-19-11-20(13-23)15-24(14-19,18-23)17-22(30)28-9-5-26(2)6-10-28/h19-20H,3-18H2,1-2H3. The number of likely N-dealkylation sites (N-methyl/N-ethyl adjacent to an activating group) is 2. The first-order chi connectivity index (χ1) is 14.3. The van der Waals surface area contributed by atoms with Crippen LogP contribution in [0.5, 0.6) is 0 Å². The van der Waals surface area contributed by atoms with Gasteiger partial charge in [-0.25, -0.2) is 0 Å². The lowest BCUT2D eigenvalue weighted by atomic mass is 9.43. The van der Waals surface area contributed by atoms with Crippen molar-refractivity contribution < 1.29 is 9.59 Å². The topological polar surface area (TPSA) is 47.1 Å². The number of carbonyl (C=O) groups is 2. The zero-order valence-corrected chi connectivity index (χ0v) is 19.1. The van der Waals surface area contributed by atoms with Crippen LogP contribution in [0.25, 0.3) is 0 Å². The molecule has 2 amide bonds. The number of carbonyl (C=O) groups excluding carboxylic acids is 2. The lowest BCUT2D eigenvalue weighted by Crippen LogP contribution is -2.56. The maximum Gasteiger partial charge on any atom is 0.223 e. The van der Waals surface area contributed by atoms with Gasteiger partial charge in [0.15, 0.2) is 0 Å². The normalized spacial score (nSPS) is 39.5. The Labute approximate surface area is 181 Å². The van der Waals surface area contributed by atoms with Crippen LogP contribution >= 0.6 is 0 Å². The highest BCUT2D eigenvalue weighted by molar-refractivity contribution is 5.78. The first-order valence-electron chi connectivity index (χ1n) is 12.3. The van der Waals surface area contributed by atoms with Crippen LogP contribution in [0, 0.1) is 22.7 Å². The van der Waals surface area contributed by atoms with Crippen molar-refractivity contribution in [1.82, 2.24) is 19.6 Å². The summed E-state index contributed by atoms with van der Waals surface area (Å²) < 4.78 is 0. The van der Waals surface area contributed by atoms with Crippen LogP contribution in [0.15, 0.2) is 0 Å². The van der Waals surface area contributed by atoms with Crippen molar-refractivity contribution >= 4 is 11.8 Å². The monoisotopic (exact) mass is 416 g/mol. The molecule has 4 aliphatic carbocycles. The van der Waals surface area contributed by atoms with E-state index in [0.29, 0.717) is 11.8 Å². The molecule has 0 unspecified atom stereocenters. The maximum absolute atomic E-state index is 13.2. The van der Waals surface area contributed by atoms with Gasteiger partial charge in [0.1, 0.15) is 0 Å². The Kier molecular flexibility index (Phi) is 5.37. The third kappa shape index (κ3) is 4.02. The largest absolute Gasteiger partial charge is 0.340 e. The van der Waals surface area contributed by atoms with E-state index in [9.17, 15) is 9.59 Å². The molecular weight excluding hydrogens is 376 g/mol. The van der Waals surface area contributed by atoms with E-state index in [1.807, 2.05) is 0 Å². The lowest BCUT2D eigenvalue weighted by Gasteiger charge is -2.62. The predicted octanol–water partition coefficient (Wildman–Crippen LogP) is 1.90. The van der Waals surface area contributed by atoms with Gasteiger partial charge in [-0.2, -0.15) is 0 Å². The summed E-state index contributed by atoms with van der Waals surface area (Å²) in [6.07, 6.45) is 8.84. The molecule has 30 heavy (non-hydrogen) atoms. The van der Waals surface area contributed by atoms with E-state index in [2.05, 4.69) is 33.7 Å². The second kappa shape index (κ2) is 7.77. The van der Waals surface area contributed by atoms with Crippen molar-refractivity contribution in [3.63, 3.8) is 0 Å². The van der Waals surface area contributed by atoms with E-state index in [0.717, 1.165) is 83.5 Å². The summed E-state index contributed by atoms with van der Waals surface area (Å²) in [4.78, 5) is 35.3. The van der Waals surface area contributed by atoms with Crippen molar-refractivity contribution in [2.24, 2.45) is 22.7 Å². The maximum atomic E-state index is 13.2. The van der Waals surface area contributed by atoms with Gasteiger partial charge in [-0.15, -0.1) is 0 Å². The van der Waals surface area contributed by atoms with Crippen LogP contribution in [0.3, 0.4) is 0 Å². The van der Waals surface area contributed by atoms with E-state index < -0.39 is 0 Å². The number of piperazine rings is 2. The van der Waals surface area contributed by atoms with E-state index in [-0.39, 0.29) is 10.8 Å². The Morgan fingerprint density at radius 3 is 1.40 bits per heavy atom. The molecule has 0 aromatic carbocycles. The Bertz CT molecular complexity index is 611. The Balaban J connectivity index is 1.26. The minimum atomic E-state index is 0.174. The highest BCUT2D eigenvalue weighted by atomic mass is 16.2. The summed E-state index contributed by atoms with van der Waals surface area (Å²) in [6.45, 7) is 7.50. The summed E-state index contributed by atoms with van der Waals surface area (Å²) in [5.74, 6) is 2.25. The Morgan fingerprint density at radius 1 is 0.667 bits per heavy atom. The molecule has 0 N–H and O–H groups in total. The molecule has 0 spiro atoms. The number of nitrogens with zero attached hydrogens (tertiary/aromatic N) is 4. The van der Waals surface area contributed by atoms with E-state index in [1.165, 1.54) is 32.1 Å². The summed E-state index contributed by atoms with van der Waals surface area (Å²) in [5.41, 5.74) is 0.347. The number of rotatable bonds is 4. The molecule has 2 aliphatic heterocycles. The SMILES string of the molecule is CN1CCN(C(=O)CC23CC4CC(C2)CC(CC(=O)N2CCN(C)CC2)(C4)C3)CC1. The highest BCUT2D eigenvalue weighted by Gasteiger charge is 2.58. The first-order valence-corrected chi connectivity index (χ1v) is 12.3. The van der Waals surface area contributed by atoms with Crippen LogP contribution in [0.2, 0.25) is 0 Å². The molecule has 0 radical (unpaired) electrons. The smallest absolute Gasteiger partial charge is 0.223 e. The molecular formula is C24H40N4O2. The third-order valence-corrected chi connectivity index (χ3v) is 9.07. The second-order valence-corrected chi connectivity index (χ2v) is 11.7. The van der Waals surface area contributed by atoms with Gasteiger partial charge in [-0.1, -0.05) is 0 Å². The van der Waals surface area contributed by atoms with E-state index in [4.69, 9.17) is 0 Å². The van der Waals surface area contributed by atoms with E-state index >= 15 is 0 Å². The molecule has 6 fully saturated rings. The molecule has 6 nitrogen and oxygen atoms in total. The third-order valence-electron chi connectivity index (χ3n) is 9.07. The Morgan fingerprint density at radius 2 is 1.03 bits per heavy atom. The minimum Gasteiger partial charge on any atom is -0.340 e. The summed E-state index contributed by atoms with van der Waals surface area (Å²) in [5, 5.41) is 0. The van der Waals surface area contributed by atoms with E-state index in [1.54, 1.807) is 0 Å². The second-order valence-electron chi connectivity index (χ2n) is 11.7. The van der Waals surface area contributed by atoms with Crippen LogP contribution in [0.1, 0.15) is 51.4 Å². The molecule has 6 rings (SSSR count). The molecule has 2 saturated heterocycles. The lowest BCUT2D eigenvalue weighted by molar-refractivity contribution is -0.156. The fraction of sp³-hybridized carbons (Fsp3) is 0.917. The molecule has 0 aromatic rings. The van der Waals surface area contributed by atoms with Crippen molar-refractivity contribution in [2.75, 3.05) is 66.5 Å². The van der Waals surface area contributed by atoms with Crippen LogP contribution < -0.4 is 0 Å². The van der Waals surface area contributed by atoms with Gasteiger partial charge in [0.2, 0.25) is 11.8 Å². The van der Waals surface area contributed by atoms with Crippen molar-refractivity contribution in [3.8, 4) is 0 Å². The molecule has 4 bridgehead atoms. The molecule has 168 valence electrons. The van der Waals surface area contributed by atoms with Crippen molar-refractivity contribution in [1.29, 1.82) is 0 Å². The number of hydrogen-bond donors (Lipinski definition) is 0. The summed E-state index contributed by atoms with van der Waals surface area (Å²) in [6, 6.07) is 0. The molecule has 0 atom stereocenters. The molecule has 6 heteroatoms. The number of amides is 2. The van der Waals surface area contributed by atoms with Gasteiger partial charge in [0.05, 0.1) is 0 Å². The van der Waals surface area contributed by atoms with Crippen LogP contribution in [-0.2, 0) is 9.59 Å². The zero-order valence-electron chi connectivity index (χ0n) is 19.1. The van der Waals surface area contributed by atoms with Gasteiger partial charge in [0, 0.05) is 65.2 Å².